The van der Waals surface area contributed by atoms with Crippen LogP contribution in [0.5, 0.6) is 17.2 Å². The van der Waals surface area contributed by atoms with Crippen molar-refractivity contribution in [3.05, 3.63) is 17.7 Å². The average molecular weight is 353 g/mol. The summed E-state index contributed by atoms with van der Waals surface area (Å²) in [6.07, 6.45) is -1.26. The van der Waals surface area contributed by atoms with Gasteiger partial charge in [-0.05, 0) is 0 Å². The fraction of sp³-hybridized carbons (Fsp3) is 0.438. The molecule has 0 fully saturated rings. The second kappa shape index (κ2) is 7.73. The Morgan fingerprint density at radius 2 is 1.48 bits per heavy atom. The van der Waals surface area contributed by atoms with Crippen molar-refractivity contribution in [2.75, 3.05) is 35.5 Å². The number of benzene rings is 1. The zero-order valence-corrected chi connectivity index (χ0v) is 14.5. The molecule has 0 amide bonds. The van der Waals surface area contributed by atoms with Crippen molar-refractivity contribution in [2.45, 2.75) is 6.10 Å². The highest BCUT2D eigenvalue weighted by atomic mass is 16.7. The van der Waals surface area contributed by atoms with E-state index in [9.17, 15) is 9.59 Å². The van der Waals surface area contributed by atoms with Crippen molar-refractivity contribution in [1.29, 1.82) is 0 Å². The summed E-state index contributed by atoms with van der Waals surface area (Å²) < 4.78 is 25.4. The number of oxime groups is 1. The number of carbonyl (C=O) groups is 2. The quantitative estimate of drug-likeness (QED) is 0.691. The summed E-state index contributed by atoms with van der Waals surface area (Å²) in [6, 6.07) is 3.19. The molecule has 0 bridgehead atoms. The van der Waals surface area contributed by atoms with Crippen LogP contribution in [0.15, 0.2) is 17.3 Å². The normalized spacial score (nSPS) is 18.7. The number of hydrogen-bond donors (Lipinski definition) is 0. The molecular weight excluding hydrogens is 334 g/mol. The van der Waals surface area contributed by atoms with Gasteiger partial charge in [0.1, 0.15) is 23.0 Å². The van der Waals surface area contributed by atoms with Crippen LogP contribution in [-0.2, 0) is 23.9 Å². The van der Waals surface area contributed by atoms with Crippen LogP contribution in [0.2, 0.25) is 0 Å². The number of nitrogens with zero attached hydrogens (tertiary/aromatic N) is 1. The van der Waals surface area contributed by atoms with Crippen LogP contribution in [0, 0.1) is 5.92 Å². The molecule has 0 spiro atoms. The number of methoxy groups -OCH3 is 5. The van der Waals surface area contributed by atoms with Crippen molar-refractivity contribution >= 4 is 17.7 Å². The van der Waals surface area contributed by atoms with Gasteiger partial charge in [-0.1, -0.05) is 5.16 Å². The minimum absolute atomic E-state index is 0.138. The summed E-state index contributed by atoms with van der Waals surface area (Å²) >= 11 is 0. The second-order valence-electron chi connectivity index (χ2n) is 4.93. The van der Waals surface area contributed by atoms with Crippen molar-refractivity contribution < 1.29 is 38.1 Å². The topological polar surface area (TPSA) is 102 Å². The van der Waals surface area contributed by atoms with Gasteiger partial charge >= 0.3 is 11.9 Å². The summed E-state index contributed by atoms with van der Waals surface area (Å²) in [5, 5.41) is 3.89. The summed E-state index contributed by atoms with van der Waals surface area (Å²) in [5.41, 5.74) is 0.492. The van der Waals surface area contributed by atoms with Crippen molar-refractivity contribution in [3.8, 4) is 17.2 Å². The molecule has 0 aromatic heterocycles. The van der Waals surface area contributed by atoms with Crippen LogP contribution in [0.25, 0.3) is 0 Å². The average Bonchev–Trinajstić information content (AvgIpc) is 3.09. The molecule has 0 N–H and O–H groups in total. The van der Waals surface area contributed by atoms with Gasteiger partial charge in [0.25, 0.3) is 0 Å². The van der Waals surface area contributed by atoms with E-state index in [0.29, 0.717) is 22.8 Å². The van der Waals surface area contributed by atoms with E-state index in [4.69, 9.17) is 23.8 Å². The highest BCUT2D eigenvalue weighted by molar-refractivity contribution is 6.17. The van der Waals surface area contributed by atoms with E-state index >= 15 is 0 Å². The molecule has 25 heavy (non-hydrogen) atoms. The molecule has 1 aromatic rings. The Kier molecular flexibility index (Phi) is 5.68. The van der Waals surface area contributed by atoms with Gasteiger partial charge in [-0.15, -0.1) is 0 Å². The molecule has 2 rings (SSSR count). The third-order valence-corrected chi connectivity index (χ3v) is 3.72. The monoisotopic (exact) mass is 353 g/mol. The summed E-state index contributed by atoms with van der Waals surface area (Å²) in [6.45, 7) is 0. The van der Waals surface area contributed by atoms with E-state index < -0.39 is 24.0 Å². The maximum atomic E-state index is 12.3. The Morgan fingerprint density at radius 1 is 0.920 bits per heavy atom. The minimum atomic E-state index is -1.26. The van der Waals surface area contributed by atoms with E-state index in [-0.39, 0.29) is 5.71 Å². The van der Waals surface area contributed by atoms with Gasteiger partial charge in [0.15, 0.2) is 5.92 Å². The molecule has 1 heterocycles. The number of rotatable bonds is 6. The molecule has 0 unspecified atom stereocenters. The lowest BCUT2D eigenvalue weighted by atomic mass is 9.91. The maximum Gasteiger partial charge on any atom is 0.351 e. The molecule has 0 saturated heterocycles. The smallest absolute Gasteiger partial charge is 0.351 e. The van der Waals surface area contributed by atoms with Crippen LogP contribution < -0.4 is 14.2 Å². The fourth-order valence-electron chi connectivity index (χ4n) is 2.49. The number of ether oxygens (including phenoxy) is 5. The van der Waals surface area contributed by atoms with Gasteiger partial charge in [-0.25, -0.2) is 4.79 Å². The Balaban J connectivity index is 2.59. The molecule has 9 nitrogen and oxygen atoms in total. The molecule has 1 aliphatic heterocycles. The van der Waals surface area contributed by atoms with Crippen molar-refractivity contribution in [3.63, 3.8) is 0 Å². The SMILES string of the molecule is COC(=O)[C@H]1C(c2c(OC)cc(OC)cc2OC)=NO[C@@H]1C(=O)OC. The van der Waals surface area contributed by atoms with Crippen molar-refractivity contribution in [2.24, 2.45) is 11.1 Å². The van der Waals surface area contributed by atoms with E-state index in [0.717, 1.165) is 0 Å². The van der Waals surface area contributed by atoms with Crippen molar-refractivity contribution in [1.82, 2.24) is 0 Å². The largest absolute Gasteiger partial charge is 0.496 e. The second-order valence-corrected chi connectivity index (χ2v) is 4.93. The molecule has 2 atom stereocenters. The first-order valence-electron chi connectivity index (χ1n) is 7.22. The van der Waals surface area contributed by atoms with Gasteiger partial charge < -0.3 is 28.5 Å². The zero-order valence-electron chi connectivity index (χ0n) is 14.5. The van der Waals surface area contributed by atoms with Gasteiger partial charge in [-0.3, -0.25) is 4.79 Å². The van der Waals surface area contributed by atoms with Crippen LogP contribution >= 0.6 is 0 Å². The van der Waals surface area contributed by atoms with E-state index in [1.165, 1.54) is 35.5 Å². The summed E-state index contributed by atoms with van der Waals surface area (Å²) in [4.78, 5) is 29.3. The van der Waals surface area contributed by atoms with E-state index in [1.807, 2.05) is 0 Å². The number of hydrogen-bond acceptors (Lipinski definition) is 9. The number of carbonyl (C=O) groups excluding carboxylic acids is 2. The fourth-order valence-corrected chi connectivity index (χ4v) is 2.49. The molecule has 136 valence electrons. The molecule has 0 aliphatic carbocycles. The Hall–Kier alpha value is -2.97. The Labute approximate surface area is 144 Å². The first-order valence-corrected chi connectivity index (χ1v) is 7.22. The highest BCUT2D eigenvalue weighted by Gasteiger charge is 2.48. The lowest BCUT2D eigenvalue weighted by molar-refractivity contribution is -0.161. The van der Waals surface area contributed by atoms with Gasteiger partial charge in [-0.2, -0.15) is 0 Å². The predicted octanol–water partition coefficient (Wildman–Crippen LogP) is 0.777. The van der Waals surface area contributed by atoms with Gasteiger partial charge in [0.2, 0.25) is 6.10 Å². The van der Waals surface area contributed by atoms with Gasteiger partial charge in [0, 0.05) is 12.1 Å². The minimum Gasteiger partial charge on any atom is -0.496 e. The van der Waals surface area contributed by atoms with Crippen LogP contribution in [0.1, 0.15) is 5.56 Å². The standard InChI is InChI=1S/C16H19NO8/c1-20-8-6-9(21-2)11(10(7-8)22-3)13-12(15(18)23-4)14(25-17-13)16(19)24-5/h6-7,12,14H,1-5H3/t12-,14-/m0/s1. The first-order chi connectivity index (χ1) is 12.0. The van der Waals surface area contributed by atoms with Crippen LogP contribution in [-0.4, -0.2) is 59.3 Å². The molecule has 1 aromatic carbocycles. The summed E-state index contributed by atoms with van der Waals surface area (Å²) in [5.74, 6) is -1.44. The highest BCUT2D eigenvalue weighted by Crippen LogP contribution is 2.39. The lowest BCUT2D eigenvalue weighted by Crippen LogP contribution is -2.38. The molecular formula is C16H19NO8. The van der Waals surface area contributed by atoms with E-state index in [2.05, 4.69) is 9.89 Å². The van der Waals surface area contributed by atoms with Crippen LogP contribution in [0.3, 0.4) is 0 Å². The Bertz CT molecular complexity index is 674. The predicted molar refractivity (Wildman–Crippen MR) is 85.0 cm³/mol. The lowest BCUT2D eigenvalue weighted by Gasteiger charge is -2.18. The third kappa shape index (κ3) is 3.30. The van der Waals surface area contributed by atoms with E-state index in [1.54, 1.807) is 12.1 Å². The molecule has 0 saturated carbocycles. The Morgan fingerprint density at radius 3 is 1.92 bits per heavy atom. The molecule has 1 aliphatic rings. The molecule has 0 radical (unpaired) electrons. The zero-order chi connectivity index (χ0) is 18.6. The third-order valence-electron chi connectivity index (χ3n) is 3.72. The molecule has 9 heteroatoms. The van der Waals surface area contributed by atoms with Crippen LogP contribution in [0.4, 0.5) is 0 Å². The maximum absolute atomic E-state index is 12.3. The summed E-state index contributed by atoms with van der Waals surface area (Å²) in [7, 11) is 6.77. The number of esters is 2. The van der Waals surface area contributed by atoms with Gasteiger partial charge in [0.05, 0.1) is 41.1 Å². The first kappa shape index (κ1) is 18.4.